The number of ether oxygens (including phenoxy) is 1. The summed E-state index contributed by atoms with van der Waals surface area (Å²) in [4.78, 5) is 12.7. The van der Waals surface area contributed by atoms with E-state index < -0.39 is 5.97 Å². The second kappa shape index (κ2) is 7.06. The largest absolute Gasteiger partial charge is 0.508 e. The second-order valence-electron chi connectivity index (χ2n) is 4.95. The molecule has 1 aliphatic rings. The van der Waals surface area contributed by atoms with E-state index in [9.17, 15) is 9.90 Å². The Balaban J connectivity index is 1.82. The van der Waals surface area contributed by atoms with Crippen LogP contribution in [0.25, 0.3) is 0 Å². The molecule has 2 rings (SSSR count). The van der Waals surface area contributed by atoms with E-state index in [4.69, 9.17) is 9.84 Å². The summed E-state index contributed by atoms with van der Waals surface area (Å²) in [5.74, 6) is -0.621. The number of aromatic hydroxyl groups is 1. The Morgan fingerprint density at radius 1 is 1.40 bits per heavy atom. The Hall–Kier alpha value is -1.11. The SMILES string of the molecule is O=C(O)COC1CCN(Cc2cc(Br)ccc2O)CC1. The predicted octanol–water partition coefficient (Wildman–Crippen LogP) is 2.22. The number of carbonyl (C=O) groups is 1. The Morgan fingerprint density at radius 2 is 2.10 bits per heavy atom. The van der Waals surface area contributed by atoms with Gasteiger partial charge in [-0.3, -0.25) is 4.90 Å². The molecule has 6 heteroatoms. The average molecular weight is 344 g/mol. The van der Waals surface area contributed by atoms with Crippen LogP contribution < -0.4 is 0 Å². The van der Waals surface area contributed by atoms with Gasteiger partial charge >= 0.3 is 5.97 Å². The van der Waals surface area contributed by atoms with Crippen LogP contribution in [0.5, 0.6) is 5.75 Å². The van der Waals surface area contributed by atoms with Crippen molar-refractivity contribution in [3.05, 3.63) is 28.2 Å². The number of piperidine rings is 1. The Morgan fingerprint density at radius 3 is 2.75 bits per heavy atom. The van der Waals surface area contributed by atoms with Crippen molar-refractivity contribution in [2.24, 2.45) is 0 Å². The highest BCUT2D eigenvalue weighted by Crippen LogP contribution is 2.25. The summed E-state index contributed by atoms with van der Waals surface area (Å²) in [6, 6.07) is 5.41. The highest BCUT2D eigenvalue weighted by molar-refractivity contribution is 9.10. The maximum Gasteiger partial charge on any atom is 0.329 e. The molecular formula is C14H18BrNO4. The molecule has 2 N–H and O–H groups in total. The van der Waals surface area contributed by atoms with Crippen molar-refractivity contribution in [2.45, 2.75) is 25.5 Å². The lowest BCUT2D eigenvalue weighted by Crippen LogP contribution is -2.37. The molecule has 0 bridgehead atoms. The number of phenols is 1. The van der Waals surface area contributed by atoms with Gasteiger partial charge in [0, 0.05) is 29.7 Å². The van der Waals surface area contributed by atoms with E-state index in [0.29, 0.717) is 12.3 Å². The number of carboxylic acid groups (broad SMARTS) is 1. The highest BCUT2D eigenvalue weighted by Gasteiger charge is 2.21. The standard InChI is InChI=1S/C14H18BrNO4/c15-11-1-2-13(17)10(7-11)8-16-5-3-12(4-6-16)20-9-14(18)19/h1-2,7,12,17H,3-6,8-9H2,(H,18,19). The molecule has 1 aromatic carbocycles. The van der Waals surface area contributed by atoms with Gasteiger partial charge in [0.05, 0.1) is 6.10 Å². The van der Waals surface area contributed by atoms with Crippen LogP contribution in [-0.2, 0) is 16.1 Å². The fourth-order valence-corrected chi connectivity index (χ4v) is 2.75. The molecule has 0 saturated carbocycles. The van der Waals surface area contributed by atoms with Gasteiger partial charge in [0.15, 0.2) is 0 Å². The van der Waals surface area contributed by atoms with Crippen LogP contribution in [0.4, 0.5) is 0 Å². The summed E-state index contributed by atoms with van der Waals surface area (Å²) in [6.45, 7) is 2.15. The van der Waals surface area contributed by atoms with Crippen LogP contribution >= 0.6 is 15.9 Å². The number of benzene rings is 1. The monoisotopic (exact) mass is 343 g/mol. The summed E-state index contributed by atoms with van der Waals surface area (Å²) < 4.78 is 6.25. The summed E-state index contributed by atoms with van der Waals surface area (Å²) >= 11 is 3.40. The maximum absolute atomic E-state index is 10.4. The van der Waals surface area contributed by atoms with E-state index in [0.717, 1.165) is 36.0 Å². The lowest BCUT2D eigenvalue weighted by molar-refractivity contribution is -0.145. The Kier molecular flexibility index (Phi) is 5.39. The molecule has 1 aromatic rings. The van der Waals surface area contributed by atoms with Crippen LogP contribution in [-0.4, -0.2) is 46.9 Å². The van der Waals surface area contributed by atoms with Crippen molar-refractivity contribution < 1.29 is 19.7 Å². The number of nitrogens with zero attached hydrogens (tertiary/aromatic N) is 1. The summed E-state index contributed by atoms with van der Waals surface area (Å²) in [7, 11) is 0. The topological polar surface area (TPSA) is 70.0 Å². The minimum absolute atomic E-state index is 0.0263. The highest BCUT2D eigenvalue weighted by atomic mass is 79.9. The van der Waals surface area contributed by atoms with E-state index in [1.807, 2.05) is 12.1 Å². The number of phenolic OH excluding ortho intramolecular Hbond substituents is 1. The van der Waals surface area contributed by atoms with E-state index >= 15 is 0 Å². The summed E-state index contributed by atoms with van der Waals surface area (Å²) in [6.07, 6.45) is 1.67. The summed E-state index contributed by atoms with van der Waals surface area (Å²) in [5, 5.41) is 18.4. The molecule has 0 amide bonds. The van der Waals surface area contributed by atoms with Gasteiger partial charge in [-0.15, -0.1) is 0 Å². The molecule has 0 aromatic heterocycles. The van der Waals surface area contributed by atoms with Gasteiger partial charge in [-0.25, -0.2) is 4.79 Å². The molecule has 0 aliphatic carbocycles. The van der Waals surface area contributed by atoms with Crippen molar-refractivity contribution in [2.75, 3.05) is 19.7 Å². The third-order valence-electron chi connectivity index (χ3n) is 3.41. The number of carboxylic acids is 1. The summed E-state index contributed by atoms with van der Waals surface area (Å²) in [5.41, 5.74) is 0.893. The van der Waals surface area contributed by atoms with Gasteiger partial charge in [0.2, 0.25) is 0 Å². The Labute approximate surface area is 126 Å². The number of halogens is 1. The molecular weight excluding hydrogens is 326 g/mol. The lowest BCUT2D eigenvalue weighted by atomic mass is 10.1. The lowest BCUT2D eigenvalue weighted by Gasteiger charge is -2.31. The van der Waals surface area contributed by atoms with E-state index in [2.05, 4.69) is 20.8 Å². The normalized spacial score (nSPS) is 17.2. The molecule has 5 nitrogen and oxygen atoms in total. The first-order chi connectivity index (χ1) is 9.54. The molecule has 0 spiro atoms. The molecule has 1 heterocycles. The van der Waals surface area contributed by atoms with Crippen molar-refractivity contribution in [3.63, 3.8) is 0 Å². The second-order valence-corrected chi connectivity index (χ2v) is 5.87. The van der Waals surface area contributed by atoms with Crippen LogP contribution in [0.15, 0.2) is 22.7 Å². The van der Waals surface area contributed by atoms with Gasteiger partial charge in [0.1, 0.15) is 12.4 Å². The fraction of sp³-hybridized carbons (Fsp3) is 0.500. The molecule has 0 atom stereocenters. The van der Waals surface area contributed by atoms with Crippen molar-refractivity contribution in [1.82, 2.24) is 4.90 Å². The van der Waals surface area contributed by atoms with E-state index in [1.165, 1.54) is 0 Å². The minimum atomic E-state index is -0.925. The van der Waals surface area contributed by atoms with Crippen molar-refractivity contribution in [1.29, 1.82) is 0 Å². The number of rotatable bonds is 5. The maximum atomic E-state index is 10.4. The first-order valence-corrected chi connectivity index (χ1v) is 7.37. The fourth-order valence-electron chi connectivity index (χ4n) is 2.34. The first kappa shape index (κ1) is 15.3. The number of likely N-dealkylation sites (tertiary alicyclic amines) is 1. The molecule has 0 unspecified atom stereocenters. The zero-order valence-electron chi connectivity index (χ0n) is 11.1. The molecule has 1 aliphatic heterocycles. The smallest absolute Gasteiger partial charge is 0.329 e. The zero-order valence-corrected chi connectivity index (χ0v) is 12.7. The molecule has 20 heavy (non-hydrogen) atoms. The number of aliphatic carboxylic acids is 1. The minimum Gasteiger partial charge on any atom is -0.508 e. The third-order valence-corrected chi connectivity index (χ3v) is 3.91. The van der Waals surface area contributed by atoms with Gasteiger partial charge in [-0.2, -0.15) is 0 Å². The van der Waals surface area contributed by atoms with Gasteiger partial charge in [0.25, 0.3) is 0 Å². The van der Waals surface area contributed by atoms with Crippen molar-refractivity contribution >= 4 is 21.9 Å². The number of hydrogen-bond donors (Lipinski definition) is 2. The predicted molar refractivity (Wildman–Crippen MR) is 77.7 cm³/mol. The van der Waals surface area contributed by atoms with E-state index in [-0.39, 0.29) is 12.7 Å². The van der Waals surface area contributed by atoms with Crippen LogP contribution in [0, 0.1) is 0 Å². The molecule has 1 saturated heterocycles. The van der Waals surface area contributed by atoms with Crippen molar-refractivity contribution in [3.8, 4) is 5.75 Å². The molecule has 0 radical (unpaired) electrons. The van der Waals surface area contributed by atoms with Gasteiger partial charge in [-0.1, -0.05) is 15.9 Å². The number of hydrogen-bond acceptors (Lipinski definition) is 4. The average Bonchev–Trinajstić information content (AvgIpc) is 2.42. The van der Waals surface area contributed by atoms with Gasteiger partial charge < -0.3 is 14.9 Å². The van der Waals surface area contributed by atoms with Crippen LogP contribution in [0.1, 0.15) is 18.4 Å². The van der Waals surface area contributed by atoms with Crippen LogP contribution in [0.2, 0.25) is 0 Å². The van der Waals surface area contributed by atoms with Gasteiger partial charge in [-0.05, 0) is 31.0 Å². The third kappa shape index (κ3) is 4.47. The molecule has 1 fully saturated rings. The quantitative estimate of drug-likeness (QED) is 0.857. The first-order valence-electron chi connectivity index (χ1n) is 6.58. The molecule has 110 valence electrons. The van der Waals surface area contributed by atoms with Crippen LogP contribution in [0.3, 0.4) is 0 Å². The van der Waals surface area contributed by atoms with E-state index in [1.54, 1.807) is 6.07 Å². The Bertz CT molecular complexity index is 472. The zero-order chi connectivity index (χ0) is 14.5.